The molecule has 0 spiro atoms. The first-order valence-electron chi connectivity index (χ1n) is 10.4. The van der Waals surface area contributed by atoms with Gasteiger partial charge in [0.2, 0.25) is 15.9 Å². The number of nitrogens with zero attached hydrogens (tertiary/aromatic N) is 2. The van der Waals surface area contributed by atoms with Gasteiger partial charge in [0.05, 0.1) is 4.90 Å². The Kier molecular flexibility index (Phi) is 7.42. The Morgan fingerprint density at radius 2 is 1.52 bits per heavy atom. The normalized spacial score (nSPS) is 20.7. The van der Waals surface area contributed by atoms with Gasteiger partial charge in [-0.25, -0.2) is 8.42 Å². The SMILES string of the molecule is CN(C)C(C(N)=O)c1ccc(C2CCC(N(C)S(=O)(=O)c3ccc(Cl)cc3)CC2)cc1. The molecule has 2 N–H and O–H groups in total. The molecule has 1 aliphatic carbocycles. The van der Waals surface area contributed by atoms with Crippen molar-refractivity contribution in [2.24, 2.45) is 5.73 Å². The largest absolute Gasteiger partial charge is 0.368 e. The number of likely N-dealkylation sites (N-methyl/N-ethyl adjacent to an activating group) is 1. The minimum atomic E-state index is -3.54. The first-order chi connectivity index (χ1) is 14.6. The van der Waals surface area contributed by atoms with E-state index in [1.807, 2.05) is 26.2 Å². The molecule has 168 valence electrons. The van der Waals surface area contributed by atoms with Crippen LogP contribution in [0.15, 0.2) is 53.4 Å². The second kappa shape index (κ2) is 9.69. The van der Waals surface area contributed by atoms with Crippen LogP contribution in [-0.4, -0.2) is 50.7 Å². The van der Waals surface area contributed by atoms with Gasteiger partial charge in [0.25, 0.3) is 0 Å². The summed E-state index contributed by atoms with van der Waals surface area (Å²) in [5.41, 5.74) is 7.63. The number of rotatable bonds is 7. The second-order valence-electron chi connectivity index (χ2n) is 8.42. The van der Waals surface area contributed by atoms with Gasteiger partial charge in [0, 0.05) is 18.1 Å². The van der Waals surface area contributed by atoms with E-state index in [2.05, 4.69) is 12.1 Å². The van der Waals surface area contributed by atoms with Crippen molar-refractivity contribution in [1.29, 1.82) is 0 Å². The van der Waals surface area contributed by atoms with Crippen molar-refractivity contribution in [2.45, 2.75) is 48.6 Å². The zero-order chi connectivity index (χ0) is 22.8. The summed E-state index contributed by atoms with van der Waals surface area (Å²) in [4.78, 5) is 13.8. The van der Waals surface area contributed by atoms with Crippen molar-refractivity contribution in [3.63, 3.8) is 0 Å². The molecule has 3 rings (SSSR count). The van der Waals surface area contributed by atoms with E-state index in [0.29, 0.717) is 10.9 Å². The Balaban J connectivity index is 1.65. The smallest absolute Gasteiger partial charge is 0.243 e. The number of benzene rings is 2. The van der Waals surface area contributed by atoms with Gasteiger partial charge in [-0.05, 0) is 81.1 Å². The molecular weight excluding hydrogens is 434 g/mol. The van der Waals surface area contributed by atoms with Crippen molar-refractivity contribution in [3.05, 3.63) is 64.7 Å². The third-order valence-corrected chi connectivity index (χ3v) is 8.39. The maximum Gasteiger partial charge on any atom is 0.243 e. The third kappa shape index (κ3) is 5.29. The average molecular weight is 464 g/mol. The highest BCUT2D eigenvalue weighted by Gasteiger charge is 2.32. The van der Waals surface area contributed by atoms with Crippen molar-refractivity contribution in [2.75, 3.05) is 21.1 Å². The van der Waals surface area contributed by atoms with Crippen LogP contribution < -0.4 is 5.73 Å². The van der Waals surface area contributed by atoms with Gasteiger partial charge in [-0.1, -0.05) is 35.9 Å². The summed E-state index contributed by atoms with van der Waals surface area (Å²) >= 11 is 5.89. The number of primary amides is 1. The van der Waals surface area contributed by atoms with Crippen molar-refractivity contribution >= 4 is 27.5 Å². The summed E-state index contributed by atoms with van der Waals surface area (Å²) in [5, 5.41) is 0.515. The Morgan fingerprint density at radius 3 is 2.00 bits per heavy atom. The predicted molar refractivity (Wildman–Crippen MR) is 123 cm³/mol. The van der Waals surface area contributed by atoms with E-state index in [-0.39, 0.29) is 16.8 Å². The zero-order valence-electron chi connectivity index (χ0n) is 18.2. The summed E-state index contributed by atoms with van der Waals surface area (Å²) in [5.74, 6) is 0.00603. The molecule has 1 aliphatic rings. The molecule has 2 aromatic rings. The highest BCUT2D eigenvalue weighted by molar-refractivity contribution is 7.89. The summed E-state index contributed by atoms with van der Waals surface area (Å²) in [7, 11) is 1.78. The molecule has 1 fully saturated rings. The van der Waals surface area contributed by atoms with Gasteiger partial charge in [-0.15, -0.1) is 0 Å². The molecule has 31 heavy (non-hydrogen) atoms. The number of carbonyl (C=O) groups is 1. The zero-order valence-corrected chi connectivity index (χ0v) is 19.7. The van der Waals surface area contributed by atoms with E-state index in [4.69, 9.17) is 17.3 Å². The quantitative estimate of drug-likeness (QED) is 0.677. The van der Waals surface area contributed by atoms with Crippen LogP contribution in [-0.2, 0) is 14.8 Å². The number of halogens is 1. The van der Waals surface area contributed by atoms with E-state index in [1.165, 1.54) is 9.87 Å². The molecule has 8 heteroatoms. The van der Waals surface area contributed by atoms with Crippen LogP contribution in [0.2, 0.25) is 5.02 Å². The third-order valence-electron chi connectivity index (χ3n) is 6.21. The molecule has 2 aromatic carbocycles. The molecule has 6 nitrogen and oxygen atoms in total. The maximum absolute atomic E-state index is 12.9. The molecule has 1 unspecified atom stereocenters. The summed E-state index contributed by atoms with van der Waals surface area (Å²) in [6.45, 7) is 0. The molecule has 1 saturated carbocycles. The fourth-order valence-electron chi connectivity index (χ4n) is 4.41. The number of sulfonamides is 1. The topological polar surface area (TPSA) is 83.7 Å². The molecular formula is C23H30ClN3O3S. The Bertz CT molecular complexity index is 999. The molecule has 0 saturated heterocycles. The van der Waals surface area contributed by atoms with Crippen LogP contribution >= 0.6 is 11.6 Å². The van der Waals surface area contributed by atoms with Crippen LogP contribution in [0.25, 0.3) is 0 Å². The lowest BCUT2D eigenvalue weighted by molar-refractivity contribution is -0.122. The summed E-state index contributed by atoms with van der Waals surface area (Å²) in [6, 6.07) is 13.9. The fourth-order valence-corrected chi connectivity index (χ4v) is 5.95. The van der Waals surface area contributed by atoms with E-state index in [1.54, 1.807) is 36.2 Å². The van der Waals surface area contributed by atoms with Crippen LogP contribution in [0.3, 0.4) is 0 Å². The number of amides is 1. The van der Waals surface area contributed by atoms with E-state index in [9.17, 15) is 13.2 Å². The van der Waals surface area contributed by atoms with Crippen molar-refractivity contribution in [1.82, 2.24) is 9.21 Å². The Hall–Kier alpha value is -1.93. The average Bonchev–Trinajstić information content (AvgIpc) is 2.74. The molecule has 0 bridgehead atoms. The lowest BCUT2D eigenvalue weighted by Gasteiger charge is -2.34. The predicted octanol–water partition coefficient (Wildman–Crippen LogP) is 3.77. The second-order valence-corrected chi connectivity index (χ2v) is 10.8. The van der Waals surface area contributed by atoms with Gasteiger partial charge in [-0.3, -0.25) is 9.69 Å². The van der Waals surface area contributed by atoms with Gasteiger partial charge >= 0.3 is 0 Å². The van der Waals surface area contributed by atoms with Crippen LogP contribution in [0.1, 0.15) is 48.8 Å². The maximum atomic E-state index is 12.9. The minimum absolute atomic E-state index is 0.0239. The molecule has 1 atom stereocenters. The number of hydrogen-bond donors (Lipinski definition) is 1. The van der Waals surface area contributed by atoms with Crippen LogP contribution in [0.5, 0.6) is 0 Å². The van der Waals surface area contributed by atoms with Gasteiger partial charge in [0.15, 0.2) is 0 Å². The fraction of sp³-hybridized carbons (Fsp3) is 0.435. The molecule has 0 aromatic heterocycles. The molecule has 0 heterocycles. The lowest BCUT2D eigenvalue weighted by atomic mass is 9.81. The Labute approximate surface area is 190 Å². The van der Waals surface area contributed by atoms with Gasteiger partial charge in [0.1, 0.15) is 6.04 Å². The standard InChI is InChI=1S/C23H30ClN3O3S/c1-26(2)22(23(25)28)18-6-4-16(5-7-18)17-8-12-20(13-9-17)27(3)31(29,30)21-14-10-19(24)11-15-21/h4-7,10-11,14-15,17,20,22H,8-9,12-13H2,1-3H3,(H2,25,28). The highest BCUT2D eigenvalue weighted by atomic mass is 35.5. The van der Waals surface area contributed by atoms with Crippen molar-refractivity contribution in [3.8, 4) is 0 Å². The highest BCUT2D eigenvalue weighted by Crippen LogP contribution is 2.36. The number of hydrogen-bond acceptors (Lipinski definition) is 4. The Morgan fingerprint density at radius 1 is 0.968 bits per heavy atom. The van der Waals surface area contributed by atoms with Crippen molar-refractivity contribution < 1.29 is 13.2 Å². The first kappa shape index (κ1) is 23.7. The van der Waals surface area contributed by atoms with E-state index >= 15 is 0 Å². The summed E-state index contributed by atoms with van der Waals surface area (Å²) in [6.07, 6.45) is 3.43. The van der Waals surface area contributed by atoms with Gasteiger partial charge in [-0.2, -0.15) is 4.31 Å². The number of nitrogens with two attached hydrogens (primary N) is 1. The molecule has 0 radical (unpaired) electrons. The van der Waals surface area contributed by atoms with Crippen LogP contribution in [0, 0.1) is 0 Å². The van der Waals surface area contributed by atoms with Gasteiger partial charge < -0.3 is 5.73 Å². The van der Waals surface area contributed by atoms with Crippen LogP contribution in [0.4, 0.5) is 0 Å². The van der Waals surface area contributed by atoms with E-state index < -0.39 is 16.1 Å². The molecule has 0 aliphatic heterocycles. The number of carbonyl (C=O) groups excluding carboxylic acids is 1. The first-order valence-corrected chi connectivity index (χ1v) is 12.2. The minimum Gasteiger partial charge on any atom is -0.368 e. The summed E-state index contributed by atoms with van der Waals surface area (Å²) < 4.78 is 27.4. The lowest BCUT2D eigenvalue weighted by Crippen LogP contribution is -2.39. The monoisotopic (exact) mass is 463 g/mol. The van der Waals surface area contributed by atoms with E-state index in [0.717, 1.165) is 31.2 Å². The molecule has 1 amide bonds.